The molecule has 7 N–H and O–H groups in total. The summed E-state index contributed by atoms with van der Waals surface area (Å²) in [4.78, 5) is 24.8. The average Bonchev–Trinajstić information content (AvgIpc) is 3.01. The van der Waals surface area contributed by atoms with Crippen LogP contribution in [-0.2, 0) is 33.3 Å². The van der Waals surface area contributed by atoms with Gasteiger partial charge in [0.05, 0.1) is 18.3 Å². The molecule has 47 heavy (non-hydrogen) atoms. The fraction of sp³-hybridized carbons (Fsp3) is 0.933. The van der Waals surface area contributed by atoms with Gasteiger partial charge in [-0.1, -0.05) is 38.5 Å². The Labute approximate surface area is 270 Å². The Balaban J connectivity index is 1.62. The maximum absolute atomic E-state index is 14.3. The van der Waals surface area contributed by atoms with Crippen LogP contribution in [0.25, 0.3) is 0 Å². The van der Waals surface area contributed by atoms with Crippen molar-refractivity contribution in [3.63, 3.8) is 0 Å². The lowest BCUT2D eigenvalue weighted by atomic mass is 9.84. The van der Waals surface area contributed by atoms with Gasteiger partial charge in [0.2, 0.25) is 18.2 Å². The van der Waals surface area contributed by atoms with E-state index >= 15 is 0 Å². The van der Waals surface area contributed by atoms with Gasteiger partial charge in [-0.2, -0.15) is 0 Å². The molecule has 0 aromatic rings. The fourth-order valence-corrected chi connectivity index (χ4v) is 7.12. The summed E-state index contributed by atoms with van der Waals surface area (Å²) < 4.78 is 85.9. The summed E-state index contributed by atoms with van der Waals surface area (Å²) in [6.07, 6.45) is -21.1. The fourth-order valence-electron chi connectivity index (χ4n) is 7.12. The number of aliphatic hydroxyl groups excluding tert-OH is 4. The molecule has 272 valence electrons. The largest absolute Gasteiger partial charge is 0.388 e. The molecule has 2 saturated carbocycles. The summed E-state index contributed by atoms with van der Waals surface area (Å²) in [5.41, 5.74) is 5.63. The van der Waals surface area contributed by atoms with Crippen molar-refractivity contribution in [2.45, 2.75) is 164 Å². The number of nitrogens with two attached hydrogens (primary N) is 1. The number of hydrogen-bond donors (Lipinski definition) is 6. The van der Waals surface area contributed by atoms with Gasteiger partial charge in [-0.05, 0) is 32.1 Å². The summed E-state index contributed by atoms with van der Waals surface area (Å²) >= 11 is 0. The normalized spacial score (nSPS) is 41.1. The SMILES string of the molecule is CC(=O)NC1C(O[C@@H](CC2CCCCC2)C(N)=O)[C@@H](O)[C@H](C(F)F)O[C@H]1O[C@@H]1CCCC(C(F)F)C1OC1O[C@@H](C)C(O)[C@H](O)[C@@H]1O. The van der Waals surface area contributed by atoms with E-state index < -0.39 is 110 Å². The zero-order valence-electron chi connectivity index (χ0n) is 26.4. The number of carbonyl (C=O) groups is 2. The van der Waals surface area contributed by atoms with Crippen molar-refractivity contribution in [1.82, 2.24) is 5.32 Å². The van der Waals surface area contributed by atoms with Crippen molar-refractivity contribution < 1.29 is 71.3 Å². The third kappa shape index (κ3) is 9.30. The van der Waals surface area contributed by atoms with Crippen molar-refractivity contribution in [2.24, 2.45) is 17.6 Å². The molecule has 4 fully saturated rings. The molecule has 2 saturated heterocycles. The van der Waals surface area contributed by atoms with Gasteiger partial charge in [0.15, 0.2) is 12.6 Å². The molecule has 4 rings (SSSR count). The molecule has 4 aliphatic rings. The van der Waals surface area contributed by atoms with Crippen molar-refractivity contribution >= 4 is 11.8 Å². The molecule has 0 radical (unpaired) electrons. The summed E-state index contributed by atoms with van der Waals surface area (Å²) in [6.45, 7) is 2.49. The van der Waals surface area contributed by atoms with Crippen LogP contribution in [0.1, 0.15) is 71.6 Å². The predicted molar refractivity (Wildman–Crippen MR) is 153 cm³/mol. The molecule has 0 aromatic heterocycles. The first-order valence-electron chi connectivity index (χ1n) is 16.3. The Morgan fingerprint density at radius 2 is 1.51 bits per heavy atom. The molecule has 14 atom stereocenters. The summed E-state index contributed by atoms with van der Waals surface area (Å²) in [5.74, 6) is -3.03. The number of nitrogens with one attached hydrogen (secondary N) is 1. The van der Waals surface area contributed by atoms with Crippen LogP contribution >= 0.6 is 0 Å². The third-order valence-electron chi connectivity index (χ3n) is 9.69. The Morgan fingerprint density at radius 3 is 2.11 bits per heavy atom. The van der Waals surface area contributed by atoms with Crippen LogP contribution < -0.4 is 11.1 Å². The van der Waals surface area contributed by atoms with Gasteiger partial charge in [0.1, 0.15) is 48.8 Å². The van der Waals surface area contributed by atoms with E-state index in [0.717, 1.165) is 39.0 Å². The third-order valence-corrected chi connectivity index (χ3v) is 9.69. The minimum atomic E-state index is -3.29. The van der Waals surface area contributed by atoms with E-state index in [1.54, 1.807) is 0 Å². The Hall–Kier alpha value is -1.70. The van der Waals surface area contributed by atoms with E-state index in [4.69, 9.17) is 29.4 Å². The summed E-state index contributed by atoms with van der Waals surface area (Å²) in [5, 5.41) is 44.3. The van der Waals surface area contributed by atoms with Gasteiger partial charge in [-0.25, -0.2) is 17.6 Å². The Bertz CT molecular complexity index is 1030. The minimum absolute atomic E-state index is 0.0437. The van der Waals surface area contributed by atoms with Crippen LogP contribution in [0.4, 0.5) is 17.6 Å². The van der Waals surface area contributed by atoms with E-state index in [9.17, 15) is 47.6 Å². The number of primary amides is 1. The lowest BCUT2D eigenvalue weighted by molar-refractivity contribution is -0.344. The highest BCUT2D eigenvalue weighted by Gasteiger charge is 2.54. The average molecular weight is 689 g/mol. The van der Waals surface area contributed by atoms with Gasteiger partial charge in [0, 0.05) is 12.8 Å². The highest BCUT2D eigenvalue weighted by molar-refractivity contribution is 5.79. The lowest BCUT2D eigenvalue weighted by Gasteiger charge is -2.48. The molecule has 13 nitrogen and oxygen atoms in total. The highest BCUT2D eigenvalue weighted by atomic mass is 19.3. The number of aliphatic hydroxyl groups is 4. The van der Waals surface area contributed by atoms with E-state index in [0.29, 0.717) is 0 Å². The standard InChI is InChI=1S/C30H48F4N2O11/c1-12-19(38)20(39)21(40)30(43-12)46-23-15(26(31)32)9-6-10-16(23)45-29-18(36-13(2)37)24(22(41)25(47-29)27(33)34)44-17(28(35)42)11-14-7-4-3-5-8-14/h12,14-27,29-30,38-41H,3-11H2,1-2H3,(H2,35,42)(H,36,37)/t12-,15?,16+,17-,18?,19?,20-,21-,22+,23?,24?,25+,29+,30?/m0/s1. The maximum atomic E-state index is 14.3. The molecule has 0 bridgehead atoms. The van der Waals surface area contributed by atoms with Gasteiger partial charge >= 0.3 is 0 Å². The number of rotatable bonds is 12. The lowest BCUT2D eigenvalue weighted by Crippen LogP contribution is -2.68. The number of carbonyl (C=O) groups excluding carboxylic acids is 2. The molecular formula is C30H48F4N2O11. The zero-order valence-corrected chi connectivity index (χ0v) is 26.4. The topological polar surface area (TPSA) is 199 Å². The second-order valence-electron chi connectivity index (χ2n) is 13.1. The molecule has 0 aromatic carbocycles. The van der Waals surface area contributed by atoms with Crippen LogP contribution in [0.2, 0.25) is 0 Å². The zero-order chi connectivity index (χ0) is 34.6. The molecule has 2 amide bonds. The highest BCUT2D eigenvalue weighted by Crippen LogP contribution is 2.39. The van der Waals surface area contributed by atoms with Crippen molar-refractivity contribution in [2.75, 3.05) is 0 Å². The molecule has 2 aliphatic carbocycles. The van der Waals surface area contributed by atoms with Gasteiger partial charge in [0.25, 0.3) is 6.43 Å². The monoisotopic (exact) mass is 688 g/mol. The molecule has 2 heterocycles. The molecule has 2 aliphatic heterocycles. The smallest absolute Gasteiger partial charge is 0.267 e. The van der Waals surface area contributed by atoms with E-state index in [-0.39, 0.29) is 31.6 Å². The van der Waals surface area contributed by atoms with Crippen LogP contribution in [-0.4, -0.2) is 125 Å². The minimum Gasteiger partial charge on any atom is -0.388 e. The number of hydrogen-bond acceptors (Lipinski definition) is 11. The predicted octanol–water partition coefficient (Wildman–Crippen LogP) is 0.715. The Morgan fingerprint density at radius 1 is 0.830 bits per heavy atom. The van der Waals surface area contributed by atoms with E-state index in [1.165, 1.54) is 6.92 Å². The second-order valence-corrected chi connectivity index (χ2v) is 13.1. The first-order valence-corrected chi connectivity index (χ1v) is 16.3. The first kappa shape index (κ1) is 38.1. The van der Waals surface area contributed by atoms with Gasteiger partial charge in [-0.3, -0.25) is 9.59 Å². The van der Waals surface area contributed by atoms with Crippen molar-refractivity contribution in [3.8, 4) is 0 Å². The van der Waals surface area contributed by atoms with Crippen LogP contribution in [0.15, 0.2) is 0 Å². The van der Waals surface area contributed by atoms with Crippen molar-refractivity contribution in [1.29, 1.82) is 0 Å². The van der Waals surface area contributed by atoms with Crippen LogP contribution in [0.5, 0.6) is 0 Å². The van der Waals surface area contributed by atoms with Crippen LogP contribution in [0.3, 0.4) is 0 Å². The summed E-state index contributed by atoms with van der Waals surface area (Å²) in [6, 6.07) is -1.51. The molecular weight excluding hydrogens is 640 g/mol. The second kappa shape index (κ2) is 16.8. The summed E-state index contributed by atoms with van der Waals surface area (Å²) in [7, 11) is 0. The number of ether oxygens (including phenoxy) is 5. The number of halogens is 4. The molecule has 6 unspecified atom stereocenters. The van der Waals surface area contributed by atoms with Gasteiger partial charge < -0.3 is 55.2 Å². The van der Waals surface area contributed by atoms with E-state index in [1.807, 2.05) is 0 Å². The quantitative estimate of drug-likeness (QED) is 0.158. The van der Waals surface area contributed by atoms with Crippen LogP contribution in [0, 0.1) is 11.8 Å². The number of alkyl halides is 4. The van der Waals surface area contributed by atoms with Gasteiger partial charge in [-0.15, -0.1) is 0 Å². The number of amides is 2. The Kier molecular flexibility index (Phi) is 13.6. The maximum Gasteiger partial charge on any atom is 0.267 e. The molecule has 0 spiro atoms. The van der Waals surface area contributed by atoms with Crippen molar-refractivity contribution in [3.05, 3.63) is 0 Å². The molecule has 17 heteroatoms. The van der Waals surface area contributed by atoms with E-state index in [2.05, 4.69) is 5.32 Å². The first-order chi connectivity index (χ1) is 22.2.